The number of methoxy groups -OCH3 is 1. The zero-order chi connectivity index (χ0) is 18.0. The number of benzene rings is 2. The summed E-state index contributed by atoms with van der Waals surface area (Å²) >= 11 is 0. The Morgan fingerprint density at radius 2 is 1.92 bits per heavy atom. The number of para-hydroxylation sites is 1. The lowest BCUT2D eigenvalue weighted by molar-refractivity contribution is -0.132. The summed E-state index contributed by atoms with van der Waals surface area (Å²) in [7, 11) is 1.66. The van der Waals surface area contributed by atoms with E-state index in [4.69, 9.17) is 4.74 Å². The van der Waals surface area contributed by atoms with Crippen molar-refractivity contribution in [3.8, 4) is 5.75 Å². The van der Waals surface area contributed by atoms with Crippen molar-refractivity contribution < 1.29 is 9.53 Å². The number of ether oxygens (including phenoxy) is 1. The van der Waals surface area contributed by atoms with E-state index in [-0.39, 0.29) is 17.4 Å². The molecule has 2 heterocycles. The van der Waals surface area contributed by atoms with Crippen LogP contribution in [0.4, 0.5) is 0 Å². The Hall–Kier alpha value is -2.33. The van der Waals surface area contributed by atoms with Gasteiger partial charge in [-0.3, -0.25) is 4.79 Å². The minimum Gasteiger partial charge on any atom is -0.496 e. The number of rotatable bonds is 6. The van der Waals surface area contributed by atoms with Crippen LogP contribution in [0.1, 0.15) is 30.4 Å². The molecule has 2 aliphatic rings. The average Bonchev–Trinajstić information content (AvgIpc) is 3.29. The molecule has 4 heteroatoms. The number of hydrogen-bond acceptors (Lipinski definition) is 3. The minimum atomic E-state index is -0.355. The molecular weight excluding hydrogens is 324 g/mol. The number of hydrogen-bond donors (Lipinski definition) is 2. The predicted octanol–water partition coefficient (Wildman–Crippen LogP) is 3.06. The van der Waals surface area contributed by atoms with E-state index in [1.54, 1.807) is 7.11 Å². The first-order valence-electron chi connectivity index (χ1n) is 9.41. The molecule has 2 fully saturated rings. The van der Waals surface area contributed by atoms with Crippen molar-refractivity contribution in [3.63, 3.8) is 0 Å². The fourth-order valence-electron chi connectivity index (χ4n) is 4.69. The number of fused-ring (bicyclic) bond motifs is 2. The van der Waals surface area contributed by atoms with Crippen molar-refractivity contribution >= 4 is 5.91 Å². The lowest BCUT2D eigenvalue weighted by atomic mass is 9.69. The summed E-state index contributed by atoms with van der Waals surface area (Å²) in [6, 6.07) is 19.0. The number of carbonyl (C=O) groups is 1. The Kier molecular flexibility index (Phi) is 4.68. The molecule has 0 saturated carbocycles. The monoisotopic (exact) mass is 350 g/mol. The third-order valence-electron chi connectivity index (χ3n) is 5.96. The molecule has 136 valence electrons. The summed E-state index contributed by atoms with van der Waals surface area (Å²) in [6.07, 6.45) is 3.98. The van der Waals surface area contributed by atoms with Crippen LogP contribution in [0.5, 0.6) is 5.75 Å². The summed E-state index contributed by atoms with van der Waals surface area (Å²) in [5, 5.41) is 6.86. The third kappa shape index (κ3) is 3.10. The largest absolute Gasteiger partial charge is 0.496 e. The molecule has 2 aromatic rings. The van der Waals surface area contributed by atoms with Crippen LogP contribution in [0.15, 0.2) is 54.6 Å². The van der Waals surface area contributed by atoms with Gasteiger partial charge in [-0.2, -0.15) is 0 Å². The molecule has 2 aromatic carbocycles. The van der Waals surface area contributed by atoms with Crippen molar-refractivity contribution in [1.29, 1.82) is 0 Å². The highest BCUT2D eigenvalue weighted by Gasteiger charge is 2.55. The van der Waals surface area contributed by atoms with Crippen LogP contribution in [0.2, 0.25) is 0 Å². The van der Waals surface area contributed by atoms with Crippen LogP contribution < -0.4 is 15.4 Å². The average molecular weight is 350 g/mol. The molecule has 2 bridgehead atoms. The van der Waals surface area contributed by atoms with Gasteiger partial charge >= 0.3 is 0 Å². The highest BCUT2D eigenvalue weighted by Crippen LogP contribution is 2.46. The van der Waals surface area contributed by atoms with Gasteiger partial charge in [0, 0.05) is 24.2 Å². The van der Waals surface area contributed by atoms with E-state index in [0.717, 1.165) is 30.6 Å². The van der Waals surface area contributed by atoms with Crippen LogP contribution >= 0.6 is 0 Å². The zero-order valence-corrected chi connectivity index (χ0v) is 15.2. The van der Waals surface area contributed by atoms with Gasteiger partial charge in [-0.05, 0) is 37.3 Å². The van der Waals surface area contributed by atoms with E-state index in [0.29, 0.717) is 12.6 Å². The van der Waals surface area contributed by atoms with Gasteiger partial charge in [0.25, 0.3) is 0 Å². The summed E-state index contributed by atoms with van der Waals surface area (Å²) in [5.74, 6) is 0.975. The van der Waals surface area contributed by atoms with Crippen LogP contribution in [0, 0.1) is 5.41 Å². The first kappa shape index (κ1) is 17.1. The lowest BCUT2D eigenvalue weighted by Gasteiger charge is -2.35. The van der Waals surface area contributed by atoms with E-state index in [9.17, 15) is 4.79 Å². The molecule has 1 amide bonds. The summed E-state index contributed by atoms with van der Waals surface area (Å²) in [5.41, 5.74) is 1.88. The second-order valence-corrected chi connectivity index (χ2v) is 7.51. The third-order valence-corrected chi connectivity index (χ3v) is 5.96. The van der Waals surface area contributed by atoms with Crippen molar-refractivity contribution in [2.75, 3.05) is 7.11 Å². The predicted molar refractivity (Wildman–Crippen MR) is 102 cm³/mol. The Morgan fingerprint density at radius 3 is 2.62 bits per heavy atom. The van der Waals surface area contributed by atoms with E-state index in [2.05, 4.69) is 34.9 Å². The van der Waals surface area contributed by atoms with E-state index < -0.39 is 0 Å². The standard InChI is InChI=1S/C22H26N2O2/c1-26-19-10-6-5-9-17(19)15-23-21(25)22(13-16-7-3-2-4-8-16)14-18-11-12-20(22)24-18/h2-10,18,20,24H,11-15H2,1H3,(H,23,25)/t18-,20+,22+/m0/s1. The van der Waals surface area contributed by atoms with Gasteiger partial charge in [-0.1, -0.05) is 48.5 Å². The topological polar surface area (TPSA) is 50.4 Å². The Balaban J connectivity index is 1.53. The maximum atomic E-state index is 13.3. The molecule has 0 unspecified atom stereocenters. The minimum absolute atomic E-state index is 0.159. The summed E-state index contributed by atoms with van der Waals surface area (Å²) < 4.78 is 5.41. The Labute approximate surface area is 155 Å². The molecule has 0 spiro atoms. The molecule has 0 radical (unpaired) electrons. The smallest absolute Gasteiger partial charge is 0.228 e. The number of carbonyl (C=O) groups excluding carboxylic acids is 1. The second-order valence-electron chi connectivity index (χ2n) is 7.51. The first-order chi connectivity index (χ1) is 12.7. The first-order valence-corrected chi connectivity index (χ1v) is 9.41. The molecule has 0 aliphatic carbocycles. The molecule has 3 atom stereocenters. The van der Waals surface area contributed by atoms with Gasteiger partial charge in [0.2, 0.25) is 5.91 Å². The van der Waals surface area contributed by atoms with Crippen LogP contribution in [-0.4, -0.2) is 25.1 Å². The maximum absolute atomic E-state index is 13.3. The lowest BCUT2D eigenvalue weighted by Crippen LogP contribution is -2.49. The zero-order valence-electron chi connectivity index (χ0n) is 15.2. The van der Waals surface area contributed by atoms with E-state index in [1.807, 2.05) is 30.3 Å². The fourth-order valence-corrected chi connectivity index (χ4v) is 4.69. The fraction of sp³-hybridized carbons (Fsp3) is 0.409. The Morgan fingerprint density at radius 1 is 1.15 bits per heavy atom. The van der Waals surface area contributed by atoms with Crippen LogP contribution in [-0.2, 0) is 17.8 Å². The number of nitrogens with one attached hydrogen (secondary N) is 2. The molecular formula is C22H26N2O2. The number of amides is 1. The van der Waals surface area contributed by atoms with Crippen LogP contribution in [0.3, 0.4) is 0 Å². The van der Waals surface area contributed by atoms with E-state index in [1.165, 1.54) is 12.0 Å². The van der Waals surface area contributed by atoms with Gasteiger partial charge in [0.1, 0.15) is 5.75 Å². The molecule has 4 nitrogen and oxygen atoms in total. The molecule has 26 heavy (non-hydrogen) atoms. The maximum Gasteiger partial charge on any atom is 0.228 e. The van der Waals surface area contributed by atoms with Crippen molar-refractivity contribution in [3.05, 3.63) is 65.7 Å². The summed E-state index contributed by atoms with van der Waals surface area (Å²) in [6.45, 7) is 0.497. The van der Waals surface area contributed by atoms with Gasteiger partial charge in [-0.25, -0.2) is 0 Å². The van der Waals surface area contributed by atoms with Gasteiger partial charge in [-0.15, -0.1) is 0 Å². The highest BCUT2D eigenvalue weighted by atomic mass is 16.5. The van der Waals surface area contributed by atoms with Gasteiger partial charge in [0.15, 0.2) is 0 Å². The quantitative estimate of drug-likeness (QED) is 0.842. The molecule has 2 saturated heterocycles. The van der Waals surface area contributed by atoms with Crippen molar-refractivity contribution in [2.45, 2.75) is 44.3 Å². The van der Waals surface area contributed by atoms with Crippen LogP contribution in [0.25, 0.3) is 0 Å². The Bertz CT molecular complexity index is 777. The normalized spacial score (nSPS) is 26.7. The van der Waals surface area contributed by atoms with Crippen molar-refractivity contribution in [2.24, 2.45) is 5.41 Å². The SMILES string of the molecule is COc1ccccc1CNC(=O)[C@]1(Cc2ccccc2)C[C@@H]2CC[C@H]1N2. The second kappa shape index (κ2) is 7.12. The molecule has 0 aromatic heterocycles. The van der Waals surface area contributed by atoms with E-state index >= 15 is 0 Å². The van der Waals surface area contributed by atoms with Crippen molar-refractivity contribution in [1.82, 2.24) is 10.6 Å². The summed E-state index contributed by atoms with van der Waals surface area (Å²) in [4.78, 5) is 13.3. The highest BCUT2D eigenvalue weighted by molar-refractivity contribution is 5.84. The van der Waals surface area contributed by atoms with Gasteiger partial charge < -0.3 is 15.4 Å². The molecule has 4 rings (SSSR count). The molecule has 2 N–H and O–H groups in total. The van der Waals surface area contributed by atoms with Gasteiger partial charge in [0.05, 0.1) is 12.5 Å². The molecule has 2 aliphatic heterocycles.